The Kier molecular flexibility index (Phi) is 3.01. The van der Waals surface area contributed by atoms with Crippen LogP contribution in [0.5, 0.6) is 0 Å². The lowest BCUT2D eigenvalue weighted by Crippen LogP contribution is -1.85. The summed E-state index contributed by atoms with van der Waals surface area (Å²) in [6.07, 6.45) is 3.25. The quantitative estimate of drug-likeness (QED) is 0.724. The van der Waals surface area contributed by atoms with Gasteiger partial charge in [-0.05, 0) is 18.2 Å². The Morgan fingerprint density at radius 1 is 1.45 bits per heavy atom. The van der Waals surface area contributed by atoms with E-state index in [-0.39, 0.29) is 6.61 Å². The van der Waals surface area contributed by atoms with Crippen molar-refractivity contribution >= 4 is 17.7 Å². The zero-order chi connectivity index (χ0) is 8.10. The summed E-state index contributed by atoms with van der Waals surface area (Å²) in [5.41, 5.74) is 0.684. The highest BCUT2D eigenvalue weighted by atomic mass is 35.5. The molecule has 0 spiro atoms. The van der Waals surface area contributed by atoms with Crippen molar-refractivity contribution in [1.29, 1.82) is 0 Å². The van der Waals surface area contributed by atoms with Crippen LogP contribution in [-0.4, -0.2) is 21.9 Å². The Morgan fingerprint density at radius 3 is 2.82 bits per heavy atom. The average Bonchev–Trinajstić information content (AvgIpc) is 2.04. The number of aliphatic hydroxyl groups is 1. The first-order valence-corrected chi connectivity index (χ1v) is 3.47. The summed E-state index contributed by atoms with van der Waals surface area (Å²) in [6.45, 7) is 0.00427. The minimum atomic E-state index is 0.00427. The van der Waals surface area contributed by atoms with Crippen LogP contribution in [0.15, 0.2) is 18.2 Å². The number of hydrogen-bond acceptors (Lipinski definition) is 3. The second-order valence-electron chi connectivity index (χ2n) is 1.87. The van der Waals surface area contributed by atoms with E-state index in [9.17, 15) is 0 Å². The molecule has 0 atom stereocenters. The Morgan fingerprint density at radius 2 is 2.27 bits per heavy atom. The summed E-state index contributed by atoms with van der Waals surface area (Å²) < 4.78 is 0. The molecule has 0 unspecified atom stereocenters. The van der Waals surface area contributed by atoms with Gasteiger partial charge in [-0.1, -0.05) is 17.7 Å². The summed E-state index contributed by atoms with van der Waals surface area (Å²) in [7, 11) is 0. The zero-order valence-corrected chi connectivity index (χ0v) is 6.49. The number of halogens is 1. The molecule has 1 aromatic heterocycles. The van der Waals surface area contributed by atoms with E-state index in [1.807, 2.05) is 0 Å². The molecule has 3 nitrogen and oxygen atoms in total. The van der Waals surface area contributed by atoms with Crippen molar-refractivity contribution in [2.45, 2.75) is 0 Å². The first-order valence-electron chi connectivity index (χ1n) is 3.09. The van der Waals surface area contributed by atoms with E-state index in [1.54, 1.807) is 24.3 Å². The maximum absolute atomic E-state index is 8.42. The van der Waals surface area contributed by atoms with Gasteiger partial charge in [0.1, 0.15) is 0 Å². The fourth-order valence-corrected chi connectivity index (χ4v) is 0.689. The molecule has 0 aliphatic heterocycles. The average molecular weight is 171 g/mol. The van der Waals surface area contributed by atoms with Crippen LogP contribution in [0, 0.1) is 0 Å². The second-order valence-corrected chi connectivity index (χ2v) is 2.25. The standard InChI is InChI=1S/C7H7ClN2O/c8-7-4-3-6(9-10-7)2-1-5-11/h1-4,11H,5H2. The van der Waals surface area contributed by atoms with Crippen LogP contribution in [0.4, 0.5) is 0 Å². The molecule has 0 aliphatic carbocycles. The van der Waals surface area contributed by atoms with Gasteiger partial charge in [-0.2, -0.15) is 0 Å². The molecule has 1 N–H and O–H groups in total. The number of hydrogen-bond donors (Lipinski definition) is 1. The van der Waals surface area contributed by atoms with Crippen molar-refractivity contribution < 1.29 is 5.11 Å². The van der Waals surface area contributed by atoms with Crippen LogP contribution in [0.3, 0.4) is 0 Å². The van der Waals surface area contributed by atoms with Gasteiger partial charge in [-0.15, -0.1) is 10.2 Å². The van der Waals surface area contributed by atoms with Crippen molar-refractivity contribution in [3.8, 4) is 0 Å². The Bertz CT molecular complexity index is 245. The van der Waals surface area contributed by atoms with E-state index in [0.717, 1.165) is 0 Å². The highest BCUT2D eigenvalue weighted by Gasteiger charge is 1.88. The van der Waals surface area contributed by atoms with Crippen molar-refractivity contribution in [3.05, 3.63) is 29.1 Å². The van der Waals surface area contributed by atoms with Crippen molar-refractivity contribution in [3.63, 3.8) is 0 Å². The largest absolute Gasteiger partial charge is 0.392 e. The van der Waals surface area contributed by atoms with Crippen LogP contribution < -0.4 is 0 Å². The van der Waals surface area contributed by atoms with Crippen molar-refractivity contribution in [2.24, 2.45) is 0 Å². The molecule has 1 heterocycles. The number of aliphatic hydroxyl groups excluding tert-OH is 1. The predicted octanol–water partition coefficient (Wildman–Crippen LogP) is 1.14. The summed E-state index contributed by atoms with van der Waals surface area (Å²) in [5, 5.41) is 16.1. The third kappa shape index (κ3) is 2.65. The van der Waals surface area contributed by atoms with E-state index >= 15 is 0 Å². The molecule has 0 radical (unpaired) electrons. The van der Waals surface area contributed by atoms with Gasteiger partial charge < -0.3 is 5.11 Å². The maximum Gasteiger partial charge on any atom is 0.151 e. The predicted molar refractivity (Wildman–Crippen MR) is 43.2 cm³/mol. The fourth-order valence-electron chi connectivity index (χ4n) is 0.589. The Hall–Kier alpha value is -0.930. The molecule has 0 saturated heterocycles. The lowest BCUT2D eigenvalue weighted by Gasteiger charge is -1.89. The van der Waals surface area contributed by atoms with Gasteiger partial charge in [-0.3, -0.25) is 0 Å². The Labute approximate surface area is 69.3 Å². The first kappa shape index (κ1) is 8.17. The SMILES string of the molecule is OCC=Cc1ccc(Cl)nn1. The number of rotatable bonds is 2. The topological polar surface area (TPSA) is 46.0 Å². The molecule has 58 valence electrons. The van der Waals surface area contributed by atoms with Gasteiger partial charge in [-0.25, -0.2) is 0 Å². The van der Waals surface area contributed by atoms with Gasteiger partial charge in [0.25, 0.3) is 0 Å². The van der Waals surface area contributed by atoms with Gasteiger partial charge in [0.15, 0.2) is 5.15 Å². The second kappa shape index (κ2) is 4.05. The fraction of sp³-hybridized carbons (Fsp3) is 0.143. The highest BCUT2D eigenvalue weighted by molar-refractivity contribution is 6.29. The smallest absolute Gasteiger partial charge is 0.151 e. The van der Waals surface area contributed by atoms with Crippen LogP contribution in [0.2, 0.25) is 5.15 Å². The minimum absolute atomic E-state index is 0.00427. The molecule has 0 aliphatic rings. The first-order chi connectivity index (χ1) is 5.33. The molecule has 0 fully saturated rings. The van der Waals surface area contributed by atoms with Crippen molar-refractivity contribution in [1.82, 2.24) is 10.2 Å². The zero-order valence-electron chi connectivity index (χ0n) is 5.74. The van der Waals surface area contributed by atoms with E-state index in [4.69, 9.17) is 16.7 Å². The molecular weight excluding hydrogens is 164 g/mol. The molecule has 11 heavy (non-hydrogen) atoms. The van der Waals surface area contributed by atoms with Gasteiger partial charge in [0.05, 0.1) is 12.3 Å². The van der Waals surface area contributed by atoms with Crippen LogP contribution in [-0.2, 0) is 0 Å². The molecule has 1 rings (SSSR count). The van der Waals surface area contributed by atoms with E-state index in [0.29, 0.717) is 10.8 Å². The van der Waals surface area contributed by atoms with Gasteiger partial charge in [0.2, 0.25) is 0 Å². The highest BCUT2D eigenvalue weighted by Crippen LogP contribution is 2.02. The number of aromatic nitrogens is 2. The molecule has 0 aromatic carbocycles. The van der Waals surface area contributed by atoms with Gasteiger partial charge in [0, 0.05) is 0 Å². The molecule has 0 saturated carbocycles. The molecule has 1 aromatic rings. The minimum Gasteiger partial charge on any atom is -0.392 e. The van der Waals surface area contributed by atoms with E-state index < -0.39 is 0 Å². The molecular formula is C7H7ClN2O. The van der Waals surface area contributed by atoms with Crippen LogP contribution >= 0.6 is 11.6 Å². The third-order valence-electron chi connectivity index (χ3n) is 1.05. The summed E-state index contributed by atoms with van der Waals surface area (Å²) in [6, 6.07) is 3.37. The van der Waals surface area contributed by atoms with Gasteiger partial charge >= 0.3 is 0 Å². The molecule has 0 amide bonds. The monoisotopic (exact) mass is 170 g/mol. The third-order valence-corrected chi connectivity index (χ3v) is 1.25. The lowest BCUT2D eigenvalue weighted by molar-refractivity contribution is 0.343. The number of nitrogens with zero attached hydrogens (tertiary/aromatic N) is 2. The van der Waals surface area contributed by atoms with Crippen molar-refractivity contribution in [2.75, 3.05) is 6.61 Å². The summed E-state index contributed by atoms with van der Waals surface area (Å²) in [5.74, 6) is 0. The van der Waals surface area contributed by atoms with Crippen LogP contribution in [0.1, 0.15) is 5.69 Å². The lowest BCUT2D eigenvalue weighted by atomic mass is 10.3. The maximum atomic E-state index is 8.42. The molecule has 4 heteroatoms. The van der Waals surface area contributed by atoms with Crippen LogP contribution in [0.25, 0.3) is 6.08 Å². The van der Waals surface area contributed by atoms with E-state index in [2.05, 4.69) is 10.2 Å². The van der Waals surface area contributed by atoms with E-state index in [1.165, 1.54) is 0 Å². The molecule has 0 bridgehead atoms. The Balaban J connectivity index is 2.73. The normalized spacial score (nSPS) is 10.7. The summed E-state index contributed by atoms with van der Waals surface area (Å²) in [4.78, 5) is 0. The summed E-state index contributed by atoms with van der Waals surface area (Å²) >= 11 is 5.50.